The summed E-state index contributed by atoms with van der Waals surface area (Å²) in [7, 11) is 0. The molecule has 2 rings (SSSR count). The largest absolute Gasteiger partial charge is 0.380 e. The summed E-state index contributed by atoms with van der Waals surface area (Å²) in [6, 6.07) is 3.48. The number of ether oxygens (including phenoxy) is 1. The molecule has 0 aromatic carbocycles. The van der Waals surface area contributed by atoms with Crippen LogP contribution in [0.15, 0.2) is 0 Å². The second-order valence-corrected chi connectivity index (χ2v) is 5.92. The molecule has 0 amide bonds. The SMILES string of the molecule is CC(CC(C)(C#N)NC1CC1)N1CCCOCC1. The fourth-order valence-electron chi connectivity index (χ4n) is 2.74. The van der Waals surface area contributed by atoms with Gasteiger partial charge in [0, 0.05) is 31.8 Å². The van der Waals surface area contributed by atoms with Gasteiger partial charge in [-0.2, -0.15) is 5.26 Å². The molecule has 4 nitrogen and oxygen atoms in total. The summed E-state index contributed by atoms with van der Waals surface area (Å²) in [6.07, 6.45) is 4.44. The zero-order valence-corrected chi connectivity index (χ0v) is 11.6. The van der Waals surface area contributed by atoms with Crippen LogP contribution < -0.4 is 5.32 Å². The smallest absolute Gasteiger partial charge is 0.105 e. The zero-order valence-electron chi connectivity index (χ0n) is 11.6. The Morgan fingerprint density at radius 1 is 1.44 bits per heavy atom. The summed E-state index contributed by atoms with van der Waals surface area (Å²) < 4.78 is 5.48. The number of nitriles is 1. The maximum absolute atomic E-state index is 9.41. The first-order valence-electron chi connectivity index (χ1n) is 7.14. The van der Waals surface area contributed by atoms with Crippen molar-refractivity contribution in [2.75, 3.05) is 26.3 Å². The molecule has 1 N–H and O–H groups in total. The van der Waals surface area contributed by atoms with Crippen LogP contribution in [0.5, 0.6) is 0 Å². The van der Waals surface area contributed by atoms with E-state index in [1.807, 2.05) is 6.92 Å². The summed E-state index contributed by atoms with van der Waals surface area (Å²) in [5.74, 6) is 0. The molecule has 1 aliphatic carbocycles. The highest BCUT2D eigenvalue weighted by molar-refractivity contribution is 5.08. The number of hydrogen-bond donors (Lipinski definition) is 1. The average Bonchev–Trinajstić information content (AvgIpc) is 3.14. The van der Waals surface area contributed by atoms with Crippen molar-refractivity contribution in [3.63, 3.8) is 0 Å². The predicted molar refractivity (Wildman–Crippen MR) is 71.3 cm³/mol. The van der Waals surface area contributed by atoms with Crippen LogP contribution in [0.3, 0.4) is 0 Å². The van der Waals surface area contributed by atoms with E-state index in [4.69, 9.17) is 4.74 Å². The molecule has 1 heterocycles. The minimum Gasteiger partial charge on any atom is -0.380 e. The summed E-state index contributed by atoms with van der Waals surface area (Å²) in [4.78, 5) is 2.46. The maximum Gasteiger partial charge on any atom is 0.105 e. The van der Waals surface area contributed by atoms with Crippen molar-refractivity contribution in [2.24, 2.45) is 0 Å². The standard InChI is InChI=1S/C14H25N3O/c1-12(17-6-3-8-18-9-7-17)10-14(2,11-15)16-13-4-5-13/h12-13,16H,3-10H2,1-2H3. The van der Waals surface area contributed by atoms with E-state index in [0.717, 1.165) is 39.1 Å². The first-order chi connectivity index (χ1) is 8.63. The lowest BCUT2D eigenvalue weighted by Gasteiger charge is -2.33. The van der Waals surface area contributed by atoms with Crippen LogP contribution in [0.25, 0.3) is 0 Å². The summed E-state index contributed by atoms with van der Waals surface area (Å²) in [5.41, 5.74) is -0.381. The van der Waals surface area contributed by atoms with Gasteiger partial charge in [-0.1, -0.05) is 0 Å². The highest BCUT2D eigenvalue weighted by Gasteiger charge is 2.34. The molecule has 2 aliphatic rings. The molecular weight excluding hydrogens is 226 g/mol. The molecule has 0 bridgehead atoms. The second-order valence-electron chi connectivity index (χ2n) is 5.92. The second kappa shape index (κ2) is 6.01. The number of nitrogens with zero attached hydrogens (tertiary/aromatic N) is 2. The van der Waals surface area contributed by atoms with E-state index < -0.39 is 0 Å². The van der Waals surface area contributed by atoms with Gasteiger partial charge in [0.15, 0.2) is 0 Å². The van der Waals surface area contributed by atoms with Gasteiger partial charge in [-0.05, 0) is 39.5 Å². The first kappa shape index (κ1) is 13.8. The van der Waals surface area contributed by atoms with Crippen molar-refractivity contribution < 1.29 is 4.74 Å². The highest BCUT2D eigenvalue weighted by atomic mass is 16.5. The van der Waals surface area contributed by atoms with Gasteiger partial charge in [-0.3, -0.25) is 10.2 Å². The molecule has 1 saturated carbocycles. The summed E-state index contributed by atoms with van der Waals surface area (Å²) in [6.45, 7) is 8.05. The Kier molecular flexibility index (Phi) is 4.60. The monoisotopic (exact) mass is 251 g/mol. The van der Waals surface area contributed by atoms with Gasteiger partial charge < -0.3 is 4.74 Å². The molecule has 2 fully saturated rings. The van der Waals surface area contributed by atoms with Crippen molar-refractivity contribution in [2.45, 2.75) is 57.2 Å². The van der Waals surface area contributed by atoms with Gasteiger partial charge in [0.1, 0.15) is 5.54 Å². The molecule has 2 unspecified atom stereocenters. The van der Waals surface area contributed by atoms with E-state index >= 15 is 0 Å². The van der Waals surface area contributed by atoms with Gasteiger partial charge in [-0.15, -0.1) is 0 Å². The molecular formula is C14H25N3O. The number of nitrogens with one attached hydrogen (secondary N) is 1. The molecule has 1 aliphatic heterocycles. The van der Waals surface area contributed by atoms with Crippen LogP contribution in [-0.4, -0.2) is 48.8 Å². The van der Waals surface area contributed by atoms with Crippen LogP contribution in [0.1, 0.15) is 39.5 Å². The fraction of sp³-hybridized carbons (Fsp3) is 0.929. The Morgan fingerprint density at radius 2 is 2.22 bits per heavy atom. The Morgan fingerprint density at radius 3 is 2.89 bits per heavy atom. The summed E-state index contributed by atoms with van der Waals surface area (Å²) >= 11 is 0. The van der Waals surface area contributed by atoms with Gasteiger partial charge in [0.05, 0.1) is 12.7 Å². The highest BCUT2D eigenvalue weighted by Crippen LogP contribution is 2.25. The van der Waals surface area contributed by atoms with E-state index in [-0.39, 0.29) is 5.54 Å². The van der Waals surface area contributed by atoms with Crippen LogP contribution in [0.4, 0.5) is 0 Å². The van der Waals surface area contributed by atoms with Crippen molar-refractivity contribution in [3.05, 3.63) is 0 Å². The van der Waals surface area contributed by atoms with Crippen molar-refractivity contribution in [3.8, 4) is 6.07 Å². The van der Waals surface area contributed by atoms with E-state index in [0.29, 0.717) is 12.1 Å². The third-order valence-electron chi connectivity index (χ3n) is 3.93. The molecule has 1 saturated heterocycles. The summed E-state index contributed by atoms with van der Waals surface area (Å²) in [5, 5.41) is 12.9. The van der Waals surface area contributed by atoms with Gasteiger partial charge in [0.2, 0.25) is 0 Å². The lowest BCUT2D eigenvalue weighted by atomic mass is 9.94. The Labute approximate surface area is 110 Å². The van der Waals surface area contributed by atoms with E-state index in [9.17, 15) is 5.26 Å². The maximum atomic E-state index is 9.41. The molecule has 0 aromatic heterocycles. The van der Waals surface area contributed by atoms with E-state index in [1.54, 1.807) is 0 Å². The van der Waals surface area contributed by atoms with Crippen molar-refractivity contribution in [1.29, 1.82) is 5.26 Å². The lowest BCUT2D eigenvalue weighted by Crippen LogP contribution is -2.48. The molecule has 2 atom stereocenters. The van der Waals surface area contributed by atoms with Crippen LogP contribution in [-0.2, 0) is 4.74 Å². The van der Waals surface area contributed by atoms with Gasteiger partial charge in [0.25, 0.3) is 0 Å². The molecule has 0 aromatic rings. The number of rotatable bonds is 5. The van der Waals surface area contributed by atoms with E-state index in [2.05, 4.69) is 23.2 Å². The third-order valence-corrected chi connectivity index (χ3v) is 3.93. The minimum absolute atomic E-state index is 0.381. The quantitative estimate of drug-likeness (QED) is 0.805. The van der Waals surface area contributed by atoms with Crippen LogP contribution >= 0.6 is 0 Å². The van der Waals surface area contributed by atoms with Crippen molar-refractivity contribution in [1.82, 2.24) is 10.2 Å². The molecule has 0 radical (unpaired) electrons. The van der Waals surface area contributed by atoms with E-state index in [1.165, 1.54) is 12.8 Å². The average molecular weight is 251 g/mol. The third kappa shape index (κ3) is 3.94. The molecule has 4 heteroatoms. The minimum atomic E-state index is -0.381. The van der Waals surface area contributed by atoms with Gasteiger partial charge in [-0.25, -0.2) is 0 Å². The molecule has 18 heavy (non-hydrogen) atoms. The molecule has 0 spiro atoms. The Bertz CT molecular complexity index is 303. The topological polar surface area (TPSA) is 48.3 Å². The Hall–Kier alpha value is -0.630. The number of hydrogen-bond acceptors (Lipinski definition) is 4. The Balaban J connectivity index is 1.86. The van der Waals surface area contributed by atoms with Crippen LogP contribution in [0.2, 0.25) is 0 Å². The lowest BCUT2D eigenvalue weighted by molar-refractivity contribution is 0.128. The molecule has 102 valence electrons. The van der Waals surface area contributed by atoms with Crippen molar-refractivity contribution >= 4 is 0 Å². The normalized spacial score (nSPS) is 26.9. The first-order valence-corrected chi connectivity index (χ1v) is 7.14. The van der Waals surface area contributed by atoms with Crippen LogP contribution in [0, 0.1) is 11.3 Å². The fourth-order valence-corrected chi connectivity index (χ4v) is 2.74. The zero-order chi connectivity index (χ0) is 13.0. The predicted octanol–water partition coefficient (Wildman–Crippen LogP) is 1.52. The van der Waals surface area contributed by atoms with Gasteiger partial charge >= 0.3 is 0 Å².